The van der Waals surface area contributed by atoms with Crippen molar-refractivity contribution >= 4 is 45.0 Å². The molecule has 5 rings (SSSR count). The zero-order chi connectivity index (χ0) is 31.3. The van der Waals surface area contributed by atoms with Gasteiger partial charge in [0.25, 0.3) is 11.8 Å². The number of hydroxylamine groups is 1. The van der Waals surface area contributed by atoms with Crippen LogP contribution in [0.4, 0.5) is 0 Å². The highest BCUT2D eigenvalue weighted by molar-refractivity contribution is 7.89. The summed E-state index contributed by atoms with van der Waals surface area (Å²) in [6.45, 7) is 0.00756. The topological polar surface area (TPSA) is 166 Å². The minimum atomic E-state index is -4.01. The number of amides is 2. The van der Waals surface area contributed by atoms with E-state index in [-0.39, 0.29) is 17.5 Å². The van der Waals surface area contributed by atoms with E-state index in [2.05, 4.69) is 25.2 Å². The van der Waals surface area contributed by atoms with E-state index in [1.807, 2.05) is 0 Å². The van der Waals surface area contributed by atoms with Crippen molar-refractivity contribution in [2.24, 2.45) is 5.11 Å². The van der Waals surface area contributed by atoms with Crippen molar-refractivity contribution in [1.29, 1.82) is 0 Å². The van der Waals surface area contributed by atoms with E-state index in [9.17, 15) is 18.0 Å². The van der Waals surface area contributed by atoms with E-state index in [4.69, 9.17) is 33.6 Å². The summed E-state index contributed by atoms with van der Waals surface area (Å²) in [7, 11) is -4.01. The molecule has 0 bridgehead atoms. The van der Waals surface area contributed by atoms with E-state index in [1.54, 1.807) is 65.7 Å². The van der Waals surface area contributed by atoms with E-state index in [1.165, 1.54) is 6.07 Å². The average molecular weight is 659 g/mol. The summed E-state index contributed by atoms with van der Waals surface area (Å²) in [5.74, 6) is -2.68. The summed E-state index contributed by atoms with van der Waals surface area (Å²) in [4.78, 5) is 42.3. The van der Waals surface area contributed by atoms with Gasteiger partial charge in [0.05, 0.1) is 17.7 Å². The standard InChI is InChI=1S/C29H29Cl2N7O5S/c30-18-12-13-22(23(31)15-18)27-26(28(39)35-43-16-19-7-5-6-14-33-19)20-8-1-2-9-21(20)29(40)38(27)25-11-4-3-10-24(25)36-44(41,42)17-34-37-32/h1-2,5-9,12-15,24-27,36H,3-4,10-11,16-17H2,(H,35,39)/t24-,25-,26-,27+/m1/s1. The fourth-order valence-electron chi connectivity index (χ4n) is 5.95. The van der Waals surface area contributed by atoms with Gasteiger partial charge >= 0.3 is 0 Å². The van der Waals surface area contributed by atoms with Gasteiger partial charge in [-0.15, -0.1) is 0 Å². The molecule has 12 nitrogen and oxygen atoms in total. The van der Waals surface area contributed by atoms with Gasteiger partial charge in [0.2, 0.25) is 10.0 Å². The summed E-state index contributed by atoms with van der Waals surface area (Å²) < 4.78 is 28.3. The number of azide groups is 1. The number of carbonyl (C=O) groups excluding carboxylic acids is 2. The van der Waals surface area contributed by atoms with Crippen LogP contribution in [0.15, 0.2) is 72.0 Å². The Kier molecular flexibility index (Phi) is 10.0. The van der Waals surface area contributed by atoms with Gasteiger partial charge in [0.15, 0.2) is 0 Å². The lowest BCUT2D eigenvalue weighted by molar-refractivity contribution is -0.138. The maximum atomic E-state index is 14.4. The first-order chi connectivity index (χ1) is 21.2. The van der Waals surface area contributed by atoms with Gasteiger partial charge in [0.1, 0.15) is 12.5 Å². The quantitative estimate of drug-likeness (QED) is 0.128. The van der Waals surface area contributed by atoms with E-state index < -0.39 is 45.9 Å². The molecule has 1 fully saturated rings. The summed E-state index contributed by atoms with van der Waals surface area (Å²) in [5, 5.41) is 3.82. The molecule has 4 atom stereocenters. The Morgan fingerprint density at radius 3 is 2.61 bits per heavy atom. The second kappa shape index (κ2) is 13.9. The van der Waals surface area contributed by atoms with Gasteiger partial charge < -0.3 is 4.90 Å². The van der Waals surface area contributed by atoms with Crippen molar-refractivity contribution < 1.29 is 22.8 Å². The lowest BCUT2D eigenvalue weighted by atomic mass is 9.76. The number of aromatic nitrogens is 1. The number of pyridine rings is 1. The Labute approximate surface area is 264 Å². The predicted octanol–water partition coefficient (Wildman–Crippen LogP) is 5.42. The number of sulfonamides is 1. The van der Waals surface area contributed by atoms with Crippen LogP contribution < -0.4 is 10.2 Å². The van der Waals surface area contributed by atoms with Crippen molar-refractivity contribution in [2.75, 3.05) is 5.88 Å². The highest BCUT2D eigenvalue weighted by Crippen LogP contribution is 2.47. The second-order valence-electron chi connectivity index (χ2n) is 10.5. The first-order valence-corrected chi connectivity index (χ1v) is 16.3. The Balaban J connectivity index is 1.59. The number of halogens is 2. The molecule has 2 amide bonds. The zero-order valence-corrected chi connectivity index (χ0v) is 25.7. The maximum Gasteiger partial charge on any atom is 0.255 e. The van der Waals surface area contributed by atoms with Gasteiger partial charge in [-0.3, -0.25) is 19.4 Å². The fourth-order valence-corrected chi connectivity index (χ4v) is 7.49. The number of fused-ring (bicyclic) bond motifs is 1. The Bertz CT molecular complexity index is 1690. The van der Waals surface area contributed by atoms with Crippen molar-refractivity contribution in [1.82, 2.24) is 20.1 Å². The summed E-state index contributed by atoms with van der Waals surface area (Å²) in [6.07, 6.45) is 3.92. The number of nitrogens with zero attached hydrogens (tertiary/aromatic N) is 5. The summed E-state index contributed by atoms with van der Waals surface area (Å²) in [6, 6.07) is 14.6. The number of hydrogen-bond acceptors (Lipinski definition) is 7. The monoisotopic (exact) mass is 657 g/mol. The fraction of sp³-hybridized carbons (Fsp3) is 0.345. The zero-order valence-electron chi connectivity index (χ0n) is 23.3. The van der Waals surface area contributed by atoms with Crippen LogP contribution in [0.25, 0.3) is 10.4 Å². The van der Waals surface area contributed by atoms with E-state index >= 15 is 0 Å². The number of benzene rings is 2. The molecule has 2 aromatic carbocycles. The molecular formula is C29H29Cl2N7O5S. The van der Waals surface area contributed by atoms with Crippen LogP contribution in [-0.4, -0.2) is 48.1 Å². The van der Waals surface area contributed by atoms with E-state index in [0.717, 1.165) is 6.42 Å². The highest BCUT2D eigenvalue weighted by atomic mass is 35.5. The van der Waals surface area contributed by atoms with Gasteiger partial charge in [-0.1, -0.05) is 71.5 Å². The molecule has 1 saturated carbocycles. The predicted molar refractivity (Wildman–Crippen MR) is 164 cm³/mol. The van der Waals surface area contributed by atoms with Crippen molar-refractivity contribution in [3.8, 4) is 0 Å². The van der Waals surface area contributed by atoms with Crippen molar-refractivity contribution in [2.45, 2.75) is 56.3 Å². The lowest BCUT2D eigenvalue weighted by Crippen LogP contribution is -2.59. The van der Waals surface area contributed by atoms with Gasteiger partial charge in [0, 0.05) is 38.8 Å². The smallest absolute Gasteiger partial charge is 0.255 e. The minimum absolute atomic E-state index is 0.00756. The molecule has 2 N–H and O–H groups in total. The number of rotatable bonds is 10. The first-order valence-electron chi connectivity index (χ1n) is 13.9. The maximum absolute atomic E-state index is 14.4. The number of hydrogen-bond donors (Lipinski definition) is 2. The Morgan fingerprint density at radius 1 is 1.09 bits per heavy atom. The third kappa shape index (κ3) is 6.99. The van der Waals surface area contributed by atoms with Crippen LogP contribution in [0.2, 0.25) is 10.0 Å². The van der Waals surface area contributed by atoms with Gasteiger partial charge in [-0.25, -0.2) is 18.6 Å². The normalized spacial score (nSPS) is 21.7. The van der Waals surface area contributed by atoms with Gasteiger partial charge in [-0.05, 0) is 59.8 Å². The Hall–Kier alpha value is -3.71. The van der Waals surface area contributed by atoms with Crippen molar-refractivity contribution in [3.05, 3.63) is 110 Å². The van der Waals surface area contributed by atoms with Crippen LogP contribution in [0.5, 0.6) is 0 Å². The molecule has 2 aliphatic rings. The van der Waals surface area contributed by atoms with Crippen LogP contribution in [0.1, 0.15) is 64.8 Å². The highest BCUT2D eigenvalue weighted by Gasteiger charge is 2.49. The second-order valence-corrected chi connectivity index (χ2v) is 13.1. The molecule has 15 heteroatoms. The molecule has 230 valence electrons. The largest absolute Gasteiger partial charge is 0.326 e. The van der Waals surface area contributed by atoms with Crippen LogP contribution in [-0.2, 0) is 26.3 Å². The van der Waals surface area contributed by atoms with Gasteiger partial charge in [-0.2, -0.15) is 0 Å². The molecule has 0 radical (unpaired) electrons. The molecule has 0 spiro atoms. The lowest BCUT2D eigenvalue weighted by Gasteiger charge is -2.49. The number of nitrogens with one attached hydrogen (secondary N) is 2. The average Bonchev–Trinajstić information content (AvgIpc) is 3.01. The first kappa shape index (κ1) is 31.7. The van der Waals surface area contributed by atoms with Crippen molar-refractivity contribution in [3.63, 3.8) is 0 Å². The van der Waals surface area contributed by atoms with Crippen LogP contribution in [0, 0.1) is 0 Å². The Morgan fingerprint density at radius 2 is 1.86 bits per heavy atom. The molecule has 1 aliphatic carbocycles. The third-order valence-electron chi connectivity index (χ3n) is 7.77. The minimum Gasteiger partial charge on any atom is -0.326 e. The molecule has 1 aliphatic heterocycles. The summed E-state index contributed by atoms with van der Waals surface area (Å²) in [5.41, 5.74) is 13.1. The summed E-state index contributed by atoms with van der Waals surface area (Å²) >= 11 is 13.0. The SMILES string of the molecule is [N-]=[N+]=NCS(=O)(=O)N[C@@H]1CCCC[C@H]1N1C(=O)c2ccccc2[C@@H](C(=O)NOCc2ccccn2)[C@@H]1c1ccc(Cl)cc1Cl. The third-order valence-corrected chi connectivity index (χ3v) is 9.45. The molecule has 44 heavy (non-hydrogen) atoms. The molecule has 1 aromatic heterocycles. The molecule has 0 unspecified atom stereocenters. The van der Waals surface area contributed by atoms with Crippen LogP contribution in [0.3, 0.4) is 0 Å². The molecular weight excluding hydrogens is 629 g/mol. The molecule has 2 heterocycles. The number of carbonyl (C=O) groups is 2. The van der Waals surface area contributed by atoms with Crippen LogP contribution >= 0.6 is 23.2 Å². The molecule has 0 saturated heterocycles. The molecule has 3 aromatic rings. The van der Waals surface area contributed by atoms with E-state index in [0.29, 0.717) is 46.7 Å².